The highest BCUT2D eigenvalue weighted by molar-refractivity contribution is 5.87. The normalized spacial score (nSPS) is 14.5. The number of piperidine rings is 1. The summed E-state index contributed by atoms with van der Waals surface area (Å²) in [5.41, 5.74) is -3.46. The molecule has 202 valence electrons. The predicted octanol–water partition coefficient (Wildman–Crippen LogP) is 4.07. The van der Waals surface area contributed by atoms with Crippen LogP contribution in [0.15, 0.2) is 30.4 Å². The molecule has 1 heterocycles. The molecule has 37 heavy (non-hydrogen) atoms. The number of hydrogen-bond acceptors (Lipinski definition) is 10. The zero-order valence-electron chi connectivity index (χ0n) is 21.5. The molecule has 1 fully saturated rings. The second kappa shape index (κ2) is 11.4. The van der Waals surface area contributed by atoms with E-state index < -0.39 is 63.0 Å². The van der Waals surface area contributed by atoms with E-state index in [4.69, 9.17) is 14.2 Å². The Morgan fingerprint density at radius 2 is 1.49 bits per heavy atom. The fourth-order valence-electron chi connectivity index (χ4n) is 3.48. The maximum Gasteiger partial charge on any atom is 0.410 e. The van der Waals surface area contributed by atoms with E-state index >= 15 is 0 Å². The minimum Gasteiger partial charge on any atom is -0.455 e. The Labute approximate surface area is 213 Å². The quantitative estimate of drug-likeness (QED) is 0.152. The molecule has 0 aromatic heterocycles. The number of hydrogen-bond donors (Lipinski definition) is 0. The second-order valence-electron chi connectivity index (χ2n) is 9.72. The molecule has 0 spiro atoms. The van der Waals surface area contributed by atoms with E-state index in [0.29, 0.717) is 0 Å². The maximum atomic E-state index is 12.8. The number of rotatable bonds is 9. The number of amides is 1. The number of benzene rings is 1. The molecular formula is C24H31N3O10. The Morgan fingerprint density at radius 3 is 1.95 bits per heavy atom. The summed E-state index contributed by atoms with van der Waals surface area (Å²) in [4.78, 5) is 59.6. The van der Waals surface area contributed by atoms with Crippen molar-refractivity contribution in [1.82, 2.24) is 4.90 Å². The summed E-state index contributed by atoms with van der Waals surface area (Å²) >= 11 is 0. The smallest absolute Gasteiger partial charge is 0.410 e. The number of carbonyl (C=O) groups is 3. The number of nitro groups is 2. The van der Waals surface area contributed by atoms with Gasteiger partial charge in [0.05, 0.1) is 15.8 Å². The van der Waals surface area contributed by atoms with Crippen LogP contribution in [-0.2, 0) is 30.4 Å². The van der Waals surface area contributed by atoms with Gasteiger partial charge < -0.3 is 19.1 Å². The van der Waals surface area contributed by atoms with Gasteiger partial charge in [0, 0.05) is 30.8 Å². The highest BCUT2D eigenvalue weighted by Crippen LogP contribution is 2.33. The van der Waals surface area contributed by atoms with Crippen molar-refractivity contribution in [3.05, 3.63) is 56.1 Å². The second-order valence-corrected chi connectivity index (χ2v) is 9.72. The Morgan fingerprint density at radius 1 is 1.00 bits per heavy atom. The van der Waals surface area contributed by atoms with E-state index in [9.17, 15) is 34.6 Å². The zero-order valence-corrected chi connectivity index (χ0v) is 21.5. The van der Waals surface area contributed by atoms with Gasteiger partial charge in [0.25, 0.3) is 11.4 Å². The van der Waals surface area contributed by atoms with Crippen molar-refractivity contribution >= 4 is 29.4 Å². The Bertz CT molecular complexity index is 1070. The van der Waals surface area contributed by atoms with Crippen LogP contribution in [0, 0.1) is 26.1 Å². The van der Waals surface area contributed by atoms with Gasteiger partial charge in [0.1, 0.15) is 23.4 Å². The fraction of sp³-hybridized carbons (Fsp3) is 0.542. The molecule has 0 unspecified atom stereocenters. The molecule has 0 radical (unpaired) electrons. The average Bonchev–Trinajstić information content (AvgIpc) is 2.81. The van der Waals surface area contributed by atoms with Gasteiger partial charge in [0.15, 0.2) is 0 Å². The highest BCUT2D eigenvalue weighted by Gasteiger charge is 2.45. The third-order valence-electron chi connectivity index (χ3n) is 6.45. The van der Waals surface area contributed by atoms with Crippen LogP contribution in [0.2, 0.25) is 0 Å². The molecule has 1 saturated heterocycles. The van der Waals surface area contributed by atoms with Crippen LogP contribution in [0.1, 0.15) is 53.0 Å². The van der Waals surface area contributed by atoms with Gasteiger partial charge in [-0.05, 0) is 53.5 Å². The number of carbonyl (C=O) groups excluding carboxylic acids is 3. The maximum absolute atomic E-state index is 12.8. The van der Waals surface area contributed by atoms with Crippen molar-refractivity contribution in [2.24, 2.45) is 5.92 Å². The molecule has 0 atom stereocenters. The van der Waals surface area contributed by atoms with E-state index in [0.717, 1.165) is 12.1 Å². The third-order valence-corrected chi connectivity index (χ3v) is 6.45. The lowest BCUT2D eigenvalue weighted by molar-refractivity contribution is -0.396. The van der Waals surface area contributed by atoms with Gasteiger partial charge in [-0.1, -0.05) is 6.58 Å². The first-order valence-corrected chi connectivity index (χ1v) is 11.5. The fourth-order valence-corrected chi connectivity index (χ4v) is 3.48. The molecule has 1 amide bonds. The van der Waals surface area contributed by atoms with Crippen molar-refractivity contribution < 1.29 is 38.4 Å². The van der Waals surface area contributed by atoms with Crippen molar-refractivity contribution in [3.8, 4) is 0 Å². The Hall–Kier alpha value is -4.03. The van der Waals surface area contributed by atoms with E-state index in [1.54, 1.807) is 27.7 Å². The predicted molar refractivity (Wildman–Crippen MR) is 129 cm³/mol. The number of ether oxygens (including phenoxy) is 3. The summed E-state index contributed by atoms with van der Waals surface area (Å²) in [6.07, 6.45) is -0.282. The molecule has 2 rings (SSSR count). The molecule has 1 aromatic rings. The minimum atomic E-state index is -1.16. The van der Waals surface area contributed by atoms with Crippen LogP contribution in [0.4, 0.5) is 16.2 Å². The number of nitro benzene ring substituents is 2. The monoisotopic (exact) mass is 521 g/mol. The standard InChI is InChI=1S/C24H31N3O10/c1-15(2)20(28)36-23(3,4)24(5,6)37-21(29)16-10-12-25(13-11-16)22(30)35-14-17-18(26(31)32)8-7-9-19(17)27(33)34/h7-9,16H,1,10-14H2,2-6H3. The molecule has 1 aromatic carbocycles. The Balaban J connectivity index is 1.96. The van der Waals surface area contributed by atoms with Gasteiger partial charge in [-0.2, -0.15) is 0 Å². The molecule has 0 bridgehead atoms. The van der Waals surface area contributed by atoms with E-state index in [1.807, 2.05) is 0 Å². The first-order chi connectivity index (χ1) is 17.1. The SMILES string of the molecule is C=C(C)C(=O)OC(C)(C)C(C)(C)OC(=O)C1CCN(C(=O)OCc2c([N+](=O)[O-])cccc2[N+](=O)[O-])CC1. The van der Waals surface area contributed by atoms with Crippen LogP contribution >= 0.6 is 0 Å². The van der Waals surface area contributed by atoms with Gasteiger partial charge >= 0.3 is 18.0 Å². The molecule has 0 saturated carbocycles. The average molecular weight is 522 g/mol. The van der Waals surface area contributed by atoms with Gasteiger partial charge in [-0.15, -0.1) is 0 Å². The molecular weight excluding hydrogens is 490 g/mol. The molecule has 13 heteroatoms. The van der Waals surface area contributed by atoms with Crippen molar-refractivity contribution in [2.75, 3.05) is 13.1 Å². The third kappa shape index (κ3) is 7.02. The van der Waals surface area contributed by atoms with Crippen molar-refractivity contribution in [2.45, 2.75) is 65.3 Å². The molecule has 13 nitrogen and oxygen atoms in total. The van der Waals surface area contributed by atoms with Gasteiger partial charge in [-0.3, -0.25) is 25.0 Å². The minimum absolute atomic E-state index is 0.145. The van der Waals surface area contributed by atoms with Gasteiger partial charge in [0.2, 0.25) is 0 Å². The molecule has 0 aliphatic carbocycles. The lowest BCUT2D eigenvalue weighted by Crippen LogP contribution is -2.52. The number of nitrogens with zero attached hydrogens (tertiary/aromatic N) is 3. The molecule has 0 N–H and O–H groups in total. The summed E-state index contributed by atoms with van der Waals surface area (Å²) in [6, 6.07) is 3.36. The van der Waals surface area contributed by atoms with Crippen LogP contribution < -0.4 is 0 Å². The van der Waals surface area contributed by atoms with Crippen LogP contribution in [0.3, 0.4) is 0 Å². The highest BCUT2D eigenvalue weighted by atomic mass is 16.6. The Kier molecular flexibility index (Phi) is 8.96. The number of likely N-dealkylation sites (tertiary alicyclic amines) is 1. The lowest BCUT2D eigenvalue weighted by Gasteiger charge is -2.41. The van der Waals surface area contributed by atoms with Crippen molar-refractivity contribution in [3.63, 3.8) is 0 Å². The summed E-state index contributed by atoms with van der Waals surface area (Å²) in [6.45, 7) is 11.2. The van der Waals surface area contributed by atoms with E-state index in [2.05, 4.69) is 6.58 Å². The lowest BCUT2D eigenvalue weighted by atomic mass is 9.88. The topological polar surface area (TPSA) is 168 Å². The van der Waals surface area contributed by atoms with E-state index in [-0.39, 0.29) is 37.1 Å². The summed E-state index contributed by atoms with van der Waals surface area (Å²) in [5, 5.41) is 22.5. The largest absolute Gasteiger partial charge is 0.455 e. The molecule has 1 aliphatic heterocycles. The molecule has 1 aliphatic rings. The van der Waals surface area contributed by atoms with Crippen LogP contribution in [0.5, 0.6) is 0 Å². The van der Waals surface area contributed by atoms with Crippen molar-refractivity contribution in [1.29, 1.82) is 0 Å². The van der Waals surface area contributed by atoms with Crippen LogP contribution in [0.25, 0.3) is 0 Å². The summed E-state index contributed by atoms with van der Waals surface area (Å²) < 4.78 is 16.3. The summed E-state index contributed by atoms with van der Waals surface area (Å²) in [5.74, 6) is -1.63. The first kappa shape index (κ1) is 29.2. The van der Waals surface area contributed by atoms with E-state index in [1.165, 1.54) is 17.9 Å². The van der Waals surface area contributed by atoms with Gasteiger partial charge in [-0.25, -0.2) is 9.59 Å². The summed E-state index contributed by atoms with van der Waals surface area (Å²) in [7, 11) is 0. The first-order valence-electron chi connectivity index (χ1n) is 11.5. The zero-order chi connectivity index (χ0) is 28.1. The number of esters is 2. The van der Waals surface area contributed by atoms with Crippen LogP contribution in [-0.4, -0.2) is 57.1 Å².